The Morgan fingerprint density at radius 2 is 2.00 bits per heavy atom. The average molecular weight is 437 g/mol. The predicted octanol–water partition coefficient (Wildman–Crippen LogP) is 3.06. The lowest BCUT2D eigenvalue weighted by atomic mass is 10.3. The fourth-order valence-corrected chi connectivity index (χ4v) is 2.52. The van der Waals surface area contributed by atoms with Gasteiger partial charge in [0.2, 0.25) is 0 Å². The number of ether oxygens (including phenoxy) is 1. The summed E-state index contributed by atoms with van der Waals surface area (Å²) >= 11 is 2.12. The molecule has 2 aromatic rings. The van der Waals surface area contributed by atoms with Crippen molar-refractivity contribution in [1.82, 2.24) is 4.98 Å². The molecule has 0 radical (unpaired) electrons. The van der Waals surface area contributed by atoms with Crippen LogP contribution in [0.3, 0.4) is 0 Å². The van der Waals surface area contributed by atoms with Crippen LogP contribution in [0.2, 0.25) is 0 Å². The first-order valence-corrected chi connectivity index (χ1v) is 8.64. The van der Waals surface area contributed by atoms with Gasteiger partial charge in [0.1, 0.15) is 5.82 Å². The van der Waals surface area contributed by atoms with Crippen molar-refractivity contribution < 1.29 is 14.3 Å². The third kappa shape index (κ3) is 4.67. The number of hydrogen-bond donors (Lipinski definition) is 2. The molecule has 1 fully saturated rings. The summed E-state index contributed by atoms with van der Waals surface area (Å²) in [6.07, 6.45) is 3.76. The molecule has 1 amide bonds. The number of halogens is 1. The van der Waals surface area contributed by atoms with Crippen molar-refractivity contribution >= 4 is 46.0 Å². The first kappa shape index (κ1) is 16.7. The second-order valence-corrected chi connectivity index (χ2v) is 6.62. The van der Waals surface area contributed by atoms with E-state index in [-0.39, 0.29) is 12.5 Å². The lowest BCUT2D eigenvalue weighted by Crippen LogP contribution is -2.21. The second-order valence-electron chi connectivity index (χ2n) is 5.45. The van der Waals surface area contributed by atoms with E-state index in [9.17, 15) is 9.59 Å². The van der Waals surface area contributed by atoms with Crippen molar-refractivity contribution in [2.45, 2.75) is 18.9 Å². The molecular weight excluding hydrogens is 421 g/mol. The third-order valence-corrected chi connectivity index (χ3v) is 4.35. The average Bonchev–Trinajstić information content (AvgIpc) is 3.39. The molecule has 1 aliphatic rings. The molecule has 0 bridgehead atoms. The number of hydrogen-bond acceptors (Lipinski definition) is 5. The molecule has 24 heavy (non-hydrogen) atoms. The van der Waals surface area contributed by atoms with E-state index in [4.69, 9.17) is 4.74 Å². The van der Waals surface area contributed by atoms with Crippen LogP contribution < -0.4 is 10.6 Å². The van der Waals surface area contributed by atoms with Gasteiger partial charge in [-0.1, -0.05) is 12.1 Å². The van der Waals surface area contributed by atoms with E-state index in [1.54, 1.807) is 18.2 Å². The van der Waals surface area contributed by atoms with Gasteiger partial charge in [-0.2, -0.15) is 0 Å². The van der Waals surface area contributed by atoms with Crippen LogP contribution >= 0.6 is 22.6 Å². The second kappa shape index (κ2) is 7.61. The summed E-state index contributed by atoms with van der Waals surface area (Å²) in [5.74, 6) is -0.212. The number of para-hydroxylation sites is 1. The number of benzene rings is 1. The van der Waals surface area contributed by atoms with E-state index in [0.717, 1.165) is 22.2 Å². The van der Waals surface area contributed by atoms with Gasteiger partial charge in [0.15, 0.2) is 6.61 Å². The highest BCUT2D eigenvalue weighted by atomic mass is 127. The van der Waals surface area contributed by atoms with Crippen LogP contribution in [0, 0.1) is 3.57 Å². The van der Waals surface area contributed by atoms with Gasteiger partial charge >= 0.3 is 5.97 Å². The van der Waals surface area contributed by atoms with Crippen molar-refractivity contribution in [3.63, 3.8) is 0 Å². The van der Waals surface area contributed by atoms with Gasteiger partial charge in [-0.15, -0.1) is 0 Å². The Morgan fingerprint density at radius 1 is 1.21 bits per heavy atom. The third-order valence-electron chi connectivity index (χ3n) is 3.41. The van der Waals surface area contributed by atoms with Crippen LogP contribution in [0.15, 0.2) is 42.6 Å². The molecule has 0 saturated heterocycles. The predicted molar refractivity (Wildman–Crippen MR) is 99.0 cm³/mol. The Labute approximate surface area is 153 Å². The minimum absolute atomic E-state index is 0.318. The quantitative estimate of drug-likeness (QED) is 0.537. The Hall–Kier alpha value is -2.16. The maximum Gasteiger partial charge on any atom is 0.340 e. The summed E-state index contributed by atoms with van der Waals surface area (Å²) < 4.78 is 5.94. The Bertz CT molecular complexity index is 745. The van der Waals surface area contributed by atoms with Gasteiger partial charge < -0.3 is 15.4 Å². The molecule has 124 valence electrons. The first-order chi connectivity index (χ1) is 11.6. The van der Waals surface area contributed by atoms with Crippen molar-refractivity contribution in [1.29, 1.82) is 0 Å². The number of nitrogens with one attached hydrogen (secondary N) is 2. The molecule has 3 rings (SSSR count). The molecule has 1 aromatic carbocycles. The molecular formula is C17H16IN3O3. The van der Waals surface area contributed by atoms with Gasteiger partial charge in [0.05, 0.1) is 11.3 Å². The maximum absolute atomic E-state index is 12.0. The van der Waals surface area contributed by atoms with Crippen LogP contribution in [0.4, 0.5) is 11.5 Å². The minimum Gasteiger partial charge on any atom is -0.452 e. The lowest BCUT2D eigenvalue weighted by molar-refractivity contribution is -0.119. The van der Waals surface area contributed by atoms with Crippen LogP contribution in [-0.2, 0) is 9.53 Å². The van der Waals surface area contributed by atoms with Gasteiger partial charge in [-0.05, 0) is 59.7 Å². The summed E-state index contributed by atoms with van der Waals surface area (Å²) in [7, 11) is 0. The molecule has 0 atom stereocenters. The number of amides is 1. The molecule has 0 spiro atoms. The number of pyridine rings is 1. The number of aromatic nitrogens is 1. The summed E-state index contributed by atoms with van der Waals surface area (Å²) in [4.78, 5) is 28.0. The Balaban J connectivity index is 1.49. The van der Waals surface area contributed by atoms with Crippen LogP contribution in [0.1, 0.15) is 23.2 Å². The zero-order chi connectivity index (χ0) is 16.9. The molecule has 6 nitrogen and oxygen atoms in total. The molecule has 7 heteroatoms. The SMILES string of the molecule is O=C(COC(=O)c1ccc(NC2CC2)nc1)Nc1ccccc1I. The van der Waals surface area contributed by atoms with E-state index in [2.05, 4.69) is 38.2 Å². The summed E-state index contributed by atoms with van der Waals surface area (Å²) in [6.45, 7) is -0.341. The van der Waals surface area contributed by atoms with Gasteiger partial charge in [-0.25, -0.2) is 9.78 Å². The highest BCUT2D eigenvalue weighted by molar-refractivity contribution is 14.1. The molecule has 1 aromatic heterocycles. The molecule has 1 heterocycles. The number of anilines is 2. The highest BCUT2D eigenvalue weighted by Gasteiger charge is 2.21. The zero-order valence-corrected chi connectivity index (χ0v) is 14.9. The Kier molecular flexibility index (Phi) is 5.29. The maximum atomic E-state index is 12.0. The van der Waals surface area contributed by atoms with Crippen molar-refractivity contribution in [2.75, 3.05) is 17.2 Å². The standard InChI is InChI=1S/C17H16IN3O3/c18-13-3-1-2-4-14(13)21-16(22)10-24-17(23)11-5-8-15(19-9-11)20-12-6-7-12/h1-5,8-9,12H,6-7,10H2,(H,19,20)(H,21,22). The van der Waals surface area contributed by atoms with Crippen molar-refractivity contribution in [3.8, 4) is 0 Å². The van der Waals surface area contributed by atoms with Crippen LogP contribution in [0.25, 0.3) is 0 Å². The number of carbonyl (C=O) groups excluding carboxylic acids is 2. The zero-order valence-electron chi connectivity index (χ0n) is 12.8. The van der Waals surface area contributed by atoms with E-state index < -0.39 is 5.97 Å². The largest absolute Gasteiger partial charge is 0.452 e. The van der Waals surface area contributed by atoms with E-state index in [1.807, 2.05) is 18.2 Å². The van der Waals surface area contributed by atoms with Gasteiger partial charge in [0.25, 0.3) is 5.91 Å². The van der Waals surface area contributed by atoms with Crippen LogP contribution in [-0.4, -0.2) is 29.5 Å². The summed E-state index contributed by atoms with van der Waals surface area (Å²) in [5, 5.41) is 5.94. The number of nitrogens with zero attached hydrogens (tertiary/aromatic N) is 1. The van der Waals surface area contributed by atoms with E-state index >= 15 is 0 Å². The van der Waals surface area contributed by atoms with Gasteiger partial charge in [-0.3, -0.25) is 4.79 Å². The van der Waals surface area contributed by atoms with Crippen LogP contribution in [0.5, 0.6) is 0 Å². The van der Waals surface area contributed by atoms with Crippen molar-refractivity contribution in [2.24, 2.45) is 0 Å². The molecule has 0 unspecified atom stereocenters. The molecule has 1 aliphatic carbocycles. The van der Waals surface area contributed by atoms with Gasteiger partial charge in [0, 0.05) is 15.8 Å². The fourth-order valence-electron chi connectivity index (χ4n) is 2.00. The minimum atomic E-state index is -0.571. The topological polar surface area (TPSA) is 80.3 Å². The number of carbonyl (C=O) groups is 2. The number of rotatable bonds is 6. The first-order valence-electron chi connectivity index (χ1n) is 7.56. The summed E-state index contributed by atoms with van der Waals surface area (Å²) in [5.41, 5.74) is 1.01. The Morgan fingerprint density at radius 3 is 2.67 bits per heavy atom. The lowest BCUT2D eigenvalue weighted by Gasteiger charge is -2.08. The normalized spacial score (nSPS) is 13.2. The monoisotopic (exact) mass is 437 g/mol. The highest BCUT2D eigenvalue weighted by Crippen LogP contribution is 2.23. The van der Waals surface area contributed by atoms with Crippen molar-refractivity contribution in [3.05, 3.63) is 51.7 Å². The fraction of sp³-hybridized carbons (Fsp3) is 0.235. The smallest absolute Gasteiger partial charge is 0.340 e. The number of esters is 1. The van der Waals surface area contributed by atoms with E-state index in [1.165, 1.54) is 6.20 Å². The molecule has 2 N–H and O–H groups in total. The summed E-state index contributed by atoms with van der Waals surface area (Å²) in [6, 6.07) is 11.3. The molecule has 0 aliphatic heterocycles. The molecule has 1 saturated carbocycles. The van der Waals surface area contributed by atoms with E-state index in [0.29, 0.717) is 17.3 Å².